The van der Waals surface area contributed by atoms with E-state index in [1.807, 2.05) is 0 Å². The molecule has 2 fully saturated rings. The minimum absolute atomic E-state index is 0.274. The van der Waals surface area contributed by atoms with Crippen molar-refractivity contribution in [2.75, 3.05) is 12.3 Å². The van der Waals surface area contributed by atoms with Gasteiger partial charge in [0.05, 0.1) is 0 Å². The Morgan fingerprint density at radius 2 is 2.19 bits per heavy atom. The summed E-state index contributed by atoms with van der Waals surface area (Å²) in [6, 6.07) is 0.511. The van der Waals surface area contributed by atoms with Crippen LogP contribution >= 0.6 is 12.6 Å². The molecule has 0 aromatic rings. The van der Waals surface area contributed by atoms with E-state index in [9.17, 15) is 4.79 Å². The Morgan fingerprint density at radius 3 is 2.75 bits per heavy atom. The summed E-state index contributed by atoms with van der Waals surface area (Å²) >= 11 is 4.38. The van der Waals surface area contributed by atoms with Crippen LogP contribution in [0, 0.1) is 5.41 Å². The standard InChI is InChI=1S/C13H23NOS/c1-2-11-5-3-4-8-14(11)12(15)9-13(10-16)6-7-13/h11,16H,2-10H2,1H3. The first kappa shape index (κ1) is 12.3. The maximum atomic E-state index is 12.3. The normalized spacial score (nSPS) is 27.9. The molecule has 0 bridgehead atoms. The van der Waals surface area contributed by atoms with E-state index in [2.05, 4.69) is 24.5 Å². The number of hydrogen-bond donors (Lipinski definition) is 1. The maximum absolute atomic E-state index is 12.3. The van der Waals surface area contributed by atoms with E-state index in [1.54, 1.807) is 0 Å². The molecular weight excluding hydrogens is 218 g/mol. The van der Waals surface area contributed by atoms with E-state index < -0.39 is 0 Å². The van der Waals surface area contributed by atoms with Crippen LogP contribution in [-0.4, -0.2) is 29.1 Å². The van der Waals surface area contributed by atoms with Crippen LogP contribution in [0.15, 0.2) is 0 Å². The van der Waals surface area contributed by atoms with Crippen molar-refractivity contribution >= 4 is 18.5 Å². The first-order valence-corrected chi connectivity index (χ1v) is 7.24. The third-order valence-corrected chi connectivity index (χ3v) is 4.91. The Balaban J connectivity index is 1.92. The van der Waals surface area contributed by atoms with Crippen molar-refractivity contribution in [3.63, 3.8) is 0 Å². The second kappa shape index (κ2) is 4.99. The fourth-order valence-electron chi connectivity index (χ4n) is 2.74. The number of nitrogens with zero attached hydrogens (tertiary/aromatic N) is 1. The van der Waals surface area contributed by atoms with Crippen LogP contribution < -0.4 is 0 Å². The molecule has 92 valence electrons. The molecule has 0 aromatic heterocycles. The number of carbonyl (C=O) groups is 1. The highest BCUT2D eigenvalue weighted by atomic mass is 32.1. The average Bonchev–Trinajstić information content (AvgIpc) is 3.09. The Morgan fingerprint density at radius 1 is 1.44 bits per heavy atom. The van der Waals surface area contributed by atoms with Crippen LogP contribution in [0.4, 0.5) is 0 Å². The lowest BCUT2D eigenvalue weighted by Gasteiger charge is -2.36. The maximum Gasteiger partial charge on any atom is 0.223 e. The fraction of sp³-hybridized carbons (Fsp3) is 0.923. The minimum atomic E-state index is 0.274. The van der Waals surface area contributed by atoms with E-state index in [0.29, 0.717) is 11.9 Å². The predicted octanol–water partition coefficient (Wildman–Crippen LogP) is 2.88. The molecule has 2 aliphatic rings. The molecule has 1 saturated heterocycles. The van der Waals surface area contributed by atoms with Gasteiger partial charge < -0.3 is 4.90 Å². The van der Waals surface area contributed by atoms with Crippen LogP contribution in [0.2, 0.25) is 0 Å². The average molecular weight is 241 g/mol. The highest BCUT2D eigenvalue weighted by molar-refractivity contribution is 7.80. The third-order valence-electron chi connectivity index (χ3n) is 4.24. The van der Waals surface area contributed by atoms with E-state index in [-0.39, 0.29) is 5.41 Å². The zero-order chi connectivity index (χ0) is 11.6. The van der Waals surface area contributed by atoms with E-state index in [4.69, 9.17) is 0 Å². The molecule has 1 unspecified atom stereocenters. The SMILES string of the molecule is CCC1CCCCN1C(=O)CC1(CS)CC1. The molecule has 2 rings (SSSR count). The summed E-state index contributed by atoms with van der Waals surface area (Å²) in [7, 11) is 0. The molecule has 3 heteroatoms. The van der Waals surface area contributed by atoms with Gasteiger partial charge in [0.15, 0.2) is 0 Å². The molecule has 2 nitrogen and oxygen atoms in total. The summed E-state index contributed by atoms with van der Waals surface area (Å²) in [5.41, 5.74) is 0.274. The van der Waals surface area contributed by atoms with Gasteiger partial charge in [-0.2, -0.15) is 12.6 Å². The number of rotatable bonds is 4. The number of carbonyl (C=O) groups excluding carboxylic acids is 1. The molecule has 16 heavy (non-hydrogen) atoms. The van der Waals surface area contributed by atoms with Crippen LogP contribution in [0.1, 0.15) is 51.9 Å². The summed E-state index contributed by atoms with van der Waals surface area (Å²) < 4.78 is 0. The fourth-order valence-corrected chi connectivity index (χ4v) is 3.17. The van der Waals surface area contributed by atoms with Gasteiger partial charge in [-0.05, 0) is 49.7 Å². The number of piperidine rings is 1. The van der Waals surface area contributed by atoms with Gasteiger partial charge in [0.2, 0.25) is 5.91 Å². The second-order valence-corrected chi connectivity index (χ2v) is 5.80. The molecule has 1 aliphatic heterocycles. The van der Waals surface area contributed by atoms with Crippen molar-refractivity contribution in [3.8, 4) is 0 Å². The van der Waals surface area contributed by atoms with Gasteiger partial charge >= 0.3 is 0 Å². The molecule has 0 N–H and O–H groups in total. The van der Waals surface area contributed by atoms with Gasteiger partial charge in [0.1, 0.15) is 0 Å². The molecule has 1 heterocycles. The first-order valence-electron chi connectivity index (χ1n) is 6.61. The number of thiol groups is 1. The molecule has 0 aromatic carbocycles. The summed E-state index contributed by atoms with van der Waals surface area (Å²) in [4.78, 5) is 14.4. The smallest absolute Gasteiger partial charge is 0.223 e. The van der Waals surface area contributed by atoms with Crippen molar-refractivity contribution < 1.29 is 4.79 Å². The lowest BCUT2D eigenvalue weighted by molar-refractivity contribution is -0.136. The highest BCUT2D eigenvalue weighted by Crippen LogP contribution is 2.50. The largest absolute Gasteiger partial charge is 0.340 e. The summed E-state index contributed by atoms with van der Waals surface area (Å²) in [5, 5.41) is 0. The zero-order valence-electron chi connectivity index (χ0n) is 10.2. The van der Waals surface area contributed by atoms with E-state index >= 15 is 0 Å². The summed E-state index contributed by atoms with van der Waals surface area (Å²) in [6.07, 6.45) is 7.94. The third kappa shape index (κ3) is 2.55. The Bertz CT molecular complexity index is 263. The highest BCUT2D eigenvalue weighted by Gasteiger charge is 2.44. The van der Waals surface area contributed by atoms with Crippen molar-refractivity contribution in [2.24, 2.45) is 5.41 Å². The van der Waals surface area contributed by atoms with Gasteiger partial charge in [0, 0.05) is 19.0 Å². The number of hydrogen-bond acceptors (Lipinski definition) is 2. The van der Waals surface area contributed by atoms with E-state index in [1.165, 1.54) is 32.1 Å². The van der Waals surface area contributed by atoms with Crippen LogP contribution in [0.3, 0.4) is 0 Å². The monoisotopic (exact) mass is 241 g/mol. The van der Waals surface area contributed by atoms with Crippen molar-refractivity contribution in [2.45, 2.75) is 57.9 Å². The Kier molecular flexibility index (Phi) is 3.83. The lowest BCUT2D eigenvalue weighted by Crippen LogP contribution is -2.44. The molecular formula is C13H23NOS. The number of likely N-dealkylation sites (tertiary alicyclic amines) is 1. The lowest BCUT2D eigenvalue weighted by atomic mass is 9.97. The quantitative estimate of drug-likeness (QED) is 0.750. The van der Waals surface area contributed by atoms with Crippen molar-refractivity contribution in [1.82, 2.24) is 4.90 Å². The van der Waals surface area contributed by atoms with Gasteiger partial charge in [-0.15, -0.1) is 0 Å². The second-order valence-electron chi connectivity index (χ2n) is 5.48. The van der Waals surface area contributed by atoms with Crippen molar-refractivity contribution in [1.29, 1.82) is 0 Å². The molecule has 1 aliphatic carbocycles. The molecule has 1 saturated carbocycles. The molecule has 0 spiro atoms. The Hall–Kier alpha value is -0.180. The molecule has 0 radical (unpaired) electrons. The van der Waals surface area contributed by atoms with Crippen LogP contribution in [0.5, 0.6) is 0 Å². The van der Waals surface area contributed by atoms with Gasteiger partial charge in [-0.25, -0.2) is 0 Å². The first-order chi connectivity index (χ1) is 7.71. The van der Waals surface area contributed by atoms with E-state index in [0.717, 1.165) is 25.1 Å². The predicted molar refractivity (Wildman–Crippen MR) is 69.8 cm³/mol. The van der Waals surface area contributed by atoms with Crippen LogP contribution in [-0.2, 0) is 4.79 Å². The van der Waals surface area contributed by atoms with Gasteiger partial charge in [-0.1, -0.05) is 6.92 Å². The van der Waals surface area contributed by atoms with Crippen molar-refractivity contribution in [3.05, 3.63) is 0 Å². The Labute approximate surface area is 104 Å². The summed E-state index contributed by atoms with van der Waals surface area (Å²) in [6.45, 7) is 3.18. The molecule has 1 atom stereocenters. The molecule has 1 amide bonds. The zero-order valence-corrected chi connectivity index (χ0v) is 11.1. The van der Waals surface area contributed by atoms with Crippen LogP contribution in [0.25, 0.3) is 0 Å². The number of amides is 1. The summed E-state index contributed by atoms with van der Waals surface area (Å²) in [5.74, 6) is 1.27. The van der Waals surface area contributed by atoms with Gasteiger partial charge in [-0.3, -0.25) is 4.79 Å². The minimum Gasteiger partial charge on any atom is -0.340 e. The topological polar surface area (TPSA) is 20.3 Å². The van der Waals surface area contributed by atoms with Gasteiger partial charge in [0.25, 0.3) is 0 Å².